The Balaban J connectivity index is 0.000000247. The molecular formula is C29H34ClN5O4. The van der Waals surface area contributed by atoms with Gasteiger partial charge in [-0.1, -0.05) is 35.9 Å². The van der Waals surface area contributed by atoms with E-state index >= 15 is 0 Å². The van der Waals surface area contributed by atoms with E-state index in [4.69, 9.17) is 16.3 Å². The summed E-state index contributed by atoms with van der Waals surface area (Å²) in [5, 5.41) is 16.5. The van der Waals surface area contributed by atoms with Crippen molar-refractivity contribution in [2.24, 2.45) is 0 Å². The van der Waals surface area contributed by atoms with E-state index in [1.807, 2.05) is 37.4 Å². The van der Waals surface area contributed by atoms with Gasteiger partial charge in [0.2, 0.25) is 5.95 Å². The van der Waals surface area contributed by atoms with Gasteiger partial charge in [0.05, 0.1) is 36.7 Å². The van der Waals surface area contributed by atoms with Gasteiger partial charge in [0, 0.05) is 29.8 Å². The second-order valence-corrected chi connectivity index (χ2v) is 10.1. The number of methoxy groups -OCH3 is 1. The van der Waals surface area contributed by atoms with Crippen LogP contribution in [0.1, 0.15) is 53.7 Å². The van der Waals surface area contributed by atoms with Crippen LogP contribution in [-0.4, -0.2) is 65.0 Å². The number of hydrogen-bond donors (Lipinski definition) is 3. The predicted octanol–water partition coefficient (Wildman–Crippen LogP) is 4.25. The zero-order chi connectivity index (χ0) is 27.9. The Labute approximate surface area is 233 Å². The number of aliphatic hydroxyl groups is 1. The minimum atomic E-state index is -0.286. The van der Waals surface area contributed by atoms with Gasteiger partial charge >= 0.3 is 0 Å². The van der Waals surface area contributed by atoms with Gasteiger partial charge in [0.15, 0.2) is 0 Å². The Bertz CT molecular complexity index is 1320. The summed E-state index contributed by atoms with van der Waals surface area (Å²) in [5.74, 6) is 1.19. The lowest BCUT2D eigenvalue weighted by molar-refractivity contribution is -0.108. The maximum Gasteiger partial charge on any atom is 0.254 e. The molecule has 9 nitrogen and oxygen atoms in total. The molecule has 1 aliphatic carbocycles. The highest BCUT2D eigenvalue weighted by molar-refractivity contribution is 6.33. The van der Waals surface area contributed by atoms with Crippen molar-refractivity contribution in [3.63, 3.8) is 0 Å². The molecular weight excluding hydrogens is 518 g/mol. The number of carbonyl (C=O) groups excluding carboxylic acids is 2. The molecule has 1 fully saturated rings. The van der Waals surface area contributed by atoms with Crippen molar-refractivity contribution in [2.45, 2.75) is 50.9 Å². The maximum atomic E-state index is 12.4. The molecule has 3 aromatic rings. The summed E-state index contributed by atoms with van der Waals surface area (Å²) >= 11 is 6.30. The molecule has 206 valence electrons. The van der Waals surface area contributed by atoms with E-state index in [9.17, 15) is 14.7 Å². The number of benzene rings is 2. The molecule has 10 heteroatoms. The number of fused-ring (bicyclic) bond motifs is 1. The van der Waals surface area contributed by atoms with Crippen molar-refractivity contribution in [2.75, 3.05) is 26.0 Å². The number of aliphatic hydroxyl groups excluding tert-OH is 1. The third kappa shape index (κ3) is 6.92. The predicted molar refractivity (Wildman–Crippen MR) is 151 cm³/mol. The molecule has 1 amide bonds. The average molecular weight is 552 g/mol. The molecule has 2 heterocycles. The fraction of sp³-hybridized carbons (Fsp3) is 0.379. The minimum Gasteiger partial charge on any atom is -0.497 e. The van der Waals surface area contributed by atoms with Crippen molar-refractivity contribution >= 4 is 29.7 Å². The second kappa shape index (κ2) is 13.0. The monoisotopic (exact) mass is 551 g/mol. The highest BCUT2D eigenvalue weighted by atomic mass is 35.5. The van der Waals surface area contributed by atoms with Crippen LogP contribution in [0.5, 0.6) is 5.75 Å². The Morgan fingerprint density at radius 1 is 1.26 bits per heavy atom. The standard InChI is InChI=1S/C19H19ClN4O3.C10H15NO/c20-16-9-21-19(22-13-3-4-14(26)8-13)23-17(16)11-1-2-12-10-24(5-6-25)18(27)15(12)7-11;1-8(11-2)9-5-4-6-10(7-9)12-3/h1-2,6-7,9,13-14,26H,3-5,8,10H2,(H,21,22,23);4-8,11H,1-3H3. The number of anilines is 1. The number of nitrogens with one attached hydrogen (secondary N) is 2. The van der Waals surface area contributed by atoms with E-state index in [0.717, 1.165) is 36.0 Å². The smallest absolute Gasteiger partial charge is 0.254 e. The second-order valence-electron chi connectivity index (χ2n) is 9.71. The molecule has 1 aliphatic heterocycles. The Hall–Kier alpha value is -3.53. The molecule has 39 heavy (non-hydrogen) atoms. The van der Waals surface area contributed by atoms with Crippen molar-refractivity contribution in [1.29, 1.82) is 0 Å². The summed E-state index contributed by atoms with van der Waals surface area (Å²) in [6.07, 6.45) is 4.27. The molecule has 0 saturated heterocycles. The average Bonchev–Trinajstić information content (AvgIpc) is 3.51. The summed E-state index contributed by atoms with van der Waals surface area (Å²) in [4.78, 5) is 33.4. The fourth-order valence-corrected chi connectivity index (χ4v) is 4.93. The number of carbonyl (C=O) groups is 2. The van der Waals surface area contributed by atoms with Crippen molar-refractivity contribution in [3.05, 3.63) is 70.4 Å². The molecule has 0 radical (unpaired) electrons. The number of halogens is 1. The third-order valence-electron chi connectivity index (χ3n) is 7.07. The number of amides is 1. The van der Waals surface area contributed by atoms with E-state index in [1.54, 1.807) is 13.2 Å². The first-order valence-corrected chi connectivity index (χ1v) is 13.3. The van der Waals surface area contributed by atoms with Crippen LogP contribution in [0.3, 0.4) is 0 Å². The molecule has 3 N–H and O–H groups in total. The van der Waals surface area contributed by atoms with E-state index in [1.165, 1.54) is 16.7 Å². The lowest BCUT2D eigenvalue weighted by Crippen LogP contribution is -2.25. The lowest BCUT2D eigenvalue weighted by atomic mass is 10.0. The van der Waals surface area contributed by atoms with Crippen LogP contribution < -0.4 is 15.4 Å². The molecule has 5 rings (SSSR count). The summed E-state index contributed by atoms with van der Waals surface area (Å²) in [6, 6.07) is 14.1. The topological polar surface area (TPSA) is 117 Å². The van der Waals surface area contributed by atoms with Crippen LogP contribution in [0.4, 0.5) is 5.95 Å². The van der Waals surface area contributed by atoms with Crippen molar-refractivity contribution < 1.29 is 19.4 Å². The van der Waals surface area contributed by atoms with E-state index in [2.05, 4.69) is 33.6 Å². The van der Waals surface area contributed by atoms with E-state index in [0.29, 0.717) is 41.2 Å². The van der Waals surface area contributed by atoms with Crippen LogP contribution in [0.2, 0.25) is 5.02 Å². The Morgan fingerprint density at radius 3 is 2.77 bits per heavy atom. The Morgan fingerprint density at radius 2 is 2.08 bits per heavy atom. The van der Waals surface area contributed by atoms with Gasteiger partial charge in [-0.3, -0.25) is 4.79 Å². The minimum absolute atomic E-state index is 0.0818. The van der Waals surface area contributed by atoms with Gasteiger partial charge in [-0.2, -0.15) is 0 Å². The largest absolute Gasteiger partial charge is 0.497 e. The molecule has 1 aromatic heterocycles. The van der Waals surface area contributed by atoms with E-state index < -0.39 is 0 Å². The van der Waals surface area contributed by atoms with Crippen LogP contribution in [0.25, 0.3) is 11.3 Å². The summed E-state index contributed by atoms with van der Waals surface area (Å²) in [6.45, 7) is 2.63. The Kier molecular flexibility index (Phi) is 9.50. The van der Waals surface area contributed by atoms with Crippen LogP contribution in [0, 0.1) is 0 Å². The van der Waals surface area contributed by atoms with Crippen molar-refractivity contribution in [1.82, 2.24) is 20.2 Å². The quantitative estimate of drug-likeness (QED) is 0.356. The van der Waals surface area contributed by atoms with Crippen molar-refractivity contribution in [3.8, 4) is 17.0 Å². The maximum absolute atomic E-state index is 12.4. The number of ether oxygens (including phenoxy) is 1. The van der Waals surface area contributed by atoms with Crippen LogP contribution in [0.15, 0.2) is 48.7 Å². The zero-order valence-corrected chi connectivity index (χ0v) is 23.1. The van der Waals surface area contributed by atoms with Crippen LogP contribution in [-0.2, 0) is 11.3 Å². The summed E-state index contributed by atoms with van der Waals surface area (Å²) < 4.78 is 5.12. The van der Waals surface area contributed by atoms with Gasteiger partial charge in [0.25, 0.3) is 5.91 Å². The third-order valence-corrected chi connectivity index (χ3v) is 7.34. The first kappa shape index (κ1) is 28.5. The van der Waals surface area contributed by atoms with Gasteiger partial charge in [-0.05, 0) is 62.6 Å². The first-order chi connectivity index (χ1) is 18.8. The molecule has 1 saturated carbocycles. The molecule has 0 bridgehead atoms. The number of aromatic nitrogens is 2. The molecule has 3 atom stereocenters. The highest BCUT2D eigenvalue weighted by Crippen LogP contribution is 2.32. The van der Waals surface area contributed by atoms with Gasteiger partial charge in [0.1, 0.15) is 12.0 Å². The molecule has 3 unspecified atom stereocenters. The van der Waals surface area contributed by atoms with Gasteiger partial charge < -0.3 is 30.2 Å². The summed E-state index contributed by atoms with van der Waals surface area (Å²) in [5.41, 5.74) is 3.96. The van der Waals surface area contributed by atoms with Gasteiger partial charge in [-0.25, -0.2) is 9.97 Å². The first-order valence-electron chi connectivity index (χ1n) is 13.0. The molecule has 2 aromatic carbocycles. The molecule has 0 spiro atoms. The number of aldehydes is 1. The SMILES string of the molecule is CNC(C)c1cccc(OC)c1.O=CCN1Cc2ccc(-c3nc(NC4CCC(O)C4)ncc3Cl)cc2C1=O. The number of nitrogens with zero attached hydrogens (tertiary/aromatic N) is 3. The summed E-state index contributed by atoms with van der Waals surface area (Å²) in [7, 11) is 3.63. The van der Waals surface area contributed by atoms with Gasteiger partial charge in [-0.15, -0.1) is 0 Å². The zero-order valence-electron chi connectivity index (χ0n) is 22.4. The fourth-order valence-electron chi connectivity index (χ4n) is 4.73. The lowest BCUT2D eigenvalue weighted by Gasteiger charge is -2.13. The number of hydrogen-bond acceptors (Lipinski definition) is 8. The normalized spacial score (nSPS) is 18.7. The van der Waals surface area contributed by atoms with Crippen LogP contribution >= 0.6 is 11.6 Å². The molecule has 2 aliphatic rings. The van der Waals surface area contributed by atoms with E-state index in [-0.39, 0.29) is 24.6 Å². The highest BCUT2D eigenvalue weighted by Gasteiger charge is 2.28. The number of rotatable bonds is 8.